The number of anilines is 2. The SMILES string of the molecule is NC(=O)[C@@H](NCC1CC1)C(=O)Nc1ccc(N2CCOCC2=O)c(OC(F)F)c1. The van der Waals surface area contributed by atoms with Crippen LogP contribution in [0.25, 0.3) is 0 Å². The summed E-state index contributed by atoms with van der Waals surface area (Å²) in [6.45, 7) is -2.38. The van der Waals surface area contributed by atoms with Gasteiger partial charge in [-0.2, -0.15) is 8.78 Å². The van der Waals surface area contributed by atoms with Crippen molar-refractivity contribution in [1.29, 1.82) is 0 Å². The maximum atomic E-state index is 12.9. The van der Waals surface area contributed by atoms with Crippen molar-refractivity contribution in [2.75, 3.05) is 36.5 Å². The molecule has 4 N–H and O–H groups in total. The number of primary amides is 1. The molecule has 3 amide bonds. The van der Waals surface area contributed by atoms with Crippen LogP contribution in [0.4, 0.5) is 20.2 Å². The van der Waals surface area contributed by atoms with Crippen LogP contribution < -0.4 is 26.0 Å². The molecule has 2 aliphatic rings. The van der Waals surface area contributed by atoms with Crippen LogP contribution in [0.15, 0.2) is 18.2 Å². The van der Waals surface area contributed by atoms with Gasteiger partial charge < -0.3 is 25.4 Å². The van der Waals surface area contributed by atoms with Crippen molar-refractivity contribution in [1.82, 2.24) is 5.32 Å². The molecular formula is C18H22F2N4O5. The Morgan fingerprint density at radius 1 is 1.34 bits per heavy atom. The largest absolute Gasteiger partial charge is 0.433 e. The van der Waals surface area contributed by atoms with Crippen molar-refractivity contribution in [2.45, 2.75) is 25.5 Å². The monoisotopic (exact) mass is 412 g/mol. The highest BCUT2D eigenvalue weighted by Gasteiger charge is 2.29. The average Bonchev–Trinajstić information content (AvgIpc) is 3.46. The van der Waals surface area contributed by atoms with E-state index in [1.54, 1.807) is 0 Å². The number of nitrogens with one attached hydrogen (secondary N) is 2. The molecular weight excluding hydrogens is 390 g/mol. The third-order valence-electron chi connectivity index (χ3n) is 4.57. The third kappa shape index (κ3) is 5.61. The van der Waals surface area contributed by atoms with Crippen LogP contribution in [0.2, 0.25) is 0 Å². The van der Waals surface area contributed by atoms with E-state index in [0.29, 0.717) is 12.5 Å². The summed E-state index contributed by atoms with van der Waals surface area (Å²) in [5, 5.41) is 5.28. The number of benzene rings is 1. The molecule has 0 spiro atoms. The van der Waals surface area contributed by atoms with E-state index in [2.05, 4.69) is 15.4 Å². The normalized spacial score (nSPS) is 17.9. The van der Waals surface area contributed by atoms with Gasteiger partial charge in [0.05, 0.1) is 12.3 Å². The number of nitrogens with two attached hydrogens (primary N) is 1. The van der Waals surface area contributed by atoms with Crippen LogP contribution >= 0.6 is 0 Å². The van der Waals surface area contributed by atoms with E-state index < -0.39 is 30.4 Å². The van der Waals surface area contributed by atoms with Crippen LogP contribution in [0, 0.1) is 5.92 Å². The molecule has 1 saturated heterocycles. The number of alkyl halides is 2. The summed E-state index contributed by atoms with van der Waals surface area (Å²) < 4.78 is 35.3. The van der Waals surface area contributed by atoms with Gasteiger partial charge in [0.25, 0.3) is 11.8 Å². The van der Waals surface area contributed by atoms with Gasteiger partial charge in [0.15, 0.2) is 11.8 Å². The summed E-state index contributed by atoms with van der Waals surface area (Å²) in [5.74, 6) is -1.82. The minimum Gasteiger partial charge on any atom is -0.433 e. The predicted octanol–water partition coefficient (Wildman–Crippen LogP) is 0.443. The van der Waals surface area contributed by atoms with Gasteiger partial charge in [-0.15, -0.1) is 0 Å². The molecule has 2 fully saturated rings. The quantitative estimate of drug-likeness (QED) is 0.506. The van der Waals surface area contributed by atoms with Crippen molar-refractivity contribution in [3.63, 3.8) is 0 Å². The summed E-state index contributed by atoms with van der Waals surface area (Å²) in [4.78, 5) is 37.3. The van der Waals surface area contributed by atoms with Crippen LogP contribution in [0.3, 0.4) is 0 Å². The lowest BCUT2D eigenvalue weighted by atomic mass is 10.2. The van der Waals surface area contributed by atoms with Crippen LogP contribution in [-0.4, -0.2) is 56.7 Å². The van der Waals surface area contributed by atoms with Gasteiger partial charge in [-0.1, -0.05) is 0 Å². The van der Waals surface area contributed by atoms with E-state index in [-0.39, 0.29) is 36.9 Å². The number of ether oxygens (including phenoxy) is 2. The molecule has 29 heavy (non-hydrogen) atoms. The van der Waals surface area contributed by atoms with Gasteiger partial charge in [0.1, 0.15) is 6.61 Å². The molecule has 1 aliphatic carbocycles. The number of carbonyl (C=O) groups excluding carboxylic acids is 3. The van der Waals surface area contributed by atoms with Crippen molar-refractivity contribution >= 4 is 29.1 Å². The molecule has 3 rings (SSSR count). The first-order valence-electron chi connectivity index (χ1n) is 9.15. The number of hydrogen-bond donors (Lipinski definition) is 3. The van der Waals surface area contributed by atoms with Gasteiger partial charge in [-0.3, -0.25) is 19.7 Å². The number of nitrogens with zero attached hydrogens (tertiary/aromatic N) is 1. The van der Waals surface area contributed by atoms with Crippen LogP contribution in [0.1, 0.15) is 12.8 Å². The lowest BCUT2D eigenvalue weighted by molar-refractivity contribution is -0.128. The van der Waals surface area contributed by atoms with E-state index in [1.807, 2.05) is 0 Å². The summed E-state index contributed by atoms with van der Waals surface area (Å²) in [6.07, 6.45) is 2.05. The zero-order valence-electron chi connectivity index (χ0n) is 15.5. The Kier molecular flexibility index (Phi) is 6.60. The number of rotatable bonds is 9. The second kappa shape index (κ2) is 9.14. The highest BCUT2D eigenvalue weighted by Crippen LogP contribution is 2.33. The summed E-state index contributed by atoms with van der Waals surface area (Å²) >= 11 is 0. The fraction of sp³-hybridized carbons (Fsp3) is 0.500. The Labute approximate surface area is 165 Å². The Morgan fingerprint density at radius 2 is 2.10 bits per heavy atom. The van der Waals surface area contributed by atoms with Gasteiger partial charge in [-0.25, -0.2) is 0 Å². The maximum absolute atomic E-state index is 12.9. The first-order chi connectivity index (χ1) is 13.8. The number of morpholine rings is 1. The first-order valence-corrected chi connectivity index (χ1v) is 9.15. The van der Waals surface area contributed by atoms with E-state index in [1.165, 1.54) is 23.1 Å². The highest BCUT2D eigenvalue weighted by molar-refractivity contribution is 6.09. The summed E-state index contributed by atoms with van der Waals surface area (Å²) in [6, 6.07) is 2.72. The number of carbonyl (C=O) groups is 3. The summed E-state index contributed by atoms with van der Waals surface area (Å²) in [5.41, 5.74) is 5.54. The zero-order valence-corrected chi connectivity index (χ0v) is 15.5. The molecule has 0 aromatic heterocycles. The van der Waals surface area contributed by atoms with E-state index >= 15 is 0 Å². The minimum atomic E-state index is -3.13. The molecule has 0 unspecified atom stereocenters. The van der Waals surface area contributed by atoms with Gasteiger partial charge in [-0.05, 0) is 37.4 Å². The fourth-order valence-electron chi connectivity index (χ4n) is 2.92. The number of halogens is 2. The molecule has 1 heterocycles. The van der Waals surface area contributed by atoms with Crippen LogP contribution in [-0.2, 0) is 19.1 Å². The molecule has 0 radical (unpaired) electrons. The number of hydrogen-bond acceptors (Lipinski definition) is 6. The molecule has 11 heteroatoms. The van der Waals surface area contributed by atoms with Crippen LogP contribution in [0.5, 0.6) is 5.75 Å². The minimum absolute atomic E-state index is 0.120. The lowest BCUT2D eigenvalue weighted by Crippen LogP contribution is -2.50. The third-order valence-corrected chi connectivity index (χ3v) is 4.57. The van der Waals surface area contributed by atoms with Crippen molar-refractivity contribution in [3.05, 3.63) is 18.2 Å². The zero-order chi connectivity index (χ0) is 21.0. The van der Waals surface area contributed by atoms with Gasteiger partial charge >= 0.3 is 6.61 Å². The van der Waals surface area contributed by atoms with Gasteiger partial charge in [0.2, 0.25) is 5.91 Å². The van der Waals surface area contributed by atoms with Crippen molar-refractivity contribution in [3.8, 4) is 5.75 Å². The summed E-state index contributed by atoms with van der Waals surface area (Å²) in [7, 11) is 0. The number of amides is 3. The molecule has 1 saturated carbocycles. The fourth-order valence-corrected chi connectivity index (χ4v) is 2.92. The average molecular weight is 412 g/mol. The lowest BCUT2D eigenvalue weighted by Gasteiger charge is -2.28. The van der Waals surface area contributed by atoms with Crippen molar-refractivity contribution in [2.24, 2.45) is 11.7 Å². The maximum Gasteiger partial charge on any atom is 0.387 e. The topological polar surface area (TPSA) is 123 Å². The van der Waals surface area contributed by atoms with Gasteiger partial charge in [0, 0.05) is 18.3 Å². The second-order valence-corrected chi connectivity index (χ2v) is 6.84. The molecule has 1 aromatic carbocycles. The molecule has 1 aliphatic heterocycles. The second-order valence-electron chi connectivity index (χ2n) is 6.84. The molecule has 1 atom stereocenters. The van der Waals surface area contributed by atoms with E-state index in [0.717, 1.165) is 12.8 Å². The molecule has 9 nitrogen and oxygen atoms in total. The Hall–Kier alpha value is -2.79. The van der Waals surface area contributed by atoms with E-state index in [4.69, 9.17) is 10.5 Å². The van der Waals surface area contributed by atoms with E-state index in [9.17, 15) is 23.2 Å². The Morgan fingerprint density at radius 3 is 2.72 bits per heavy atom. The standard InChI is InChI=1S/C18H22F2N4O5/c19-18(20)29-13-7-11(3-4-12(13)24-5-6-28-9-14(24)25)23-17(27)15(16(21)26)22-8-10-1-2-10/h3-4,7,10,15,18,22H,1-2,5-6,8-9H2,(H2,21,26)(H,23,27)/t15-/m1/s1. The molecule has 158 valence electrons. The Bertz CT molecular complexity index is 788. The molecule has 0 bridgehead atoms. The highest BCUT2D eigenvalue weighted by atomic mass is 19.3. The van der Waals surface area contributed by atoms with Crippen molar-refractivity contribution < 1.29 is 32.6 Å². The molecule has 1 aromatic rings. The smallest absolute Gasteiger partial charge is 0.387 e. The predicted molar refractivity (Wildman–Crippen MR) is 98.6 cm³/mol. The first kappa shape index (κ1) is 20.9. The Balaban J connectivity index is 1.76.